The van der Waals surface area contributed by atoms with Gasteiger partial charge in [0.1, 0.15) is 11.9 Å². The third kappa shape index (κ3) is 4.71. The smallest absolute Gasteiger partial charge is 0.335 e. The Balaban J connectivity index is 1.89. The van der Waals surface area contributed by atoms with Crippen LogP contribution in [0.5, 0.6) is 5.75 Å². The average molecular weight is 308 g/mol. The highest BCUT2D eigenvalue weighted by Crippen LogP contribution is 2.25. The number of carbonyl (C=O) groups is 1. The molecule has 122 valence electrons. The third-order valence-electron chi connectivity index (χ3n) is 3.84. The summed E-state index contributed by atoms with van der Waals surface area (Å²) in [6, 6.07) is 7.62. The molecule has 1 aliphatic carbocycles. The predicted molar refractivity (Wildman–Crippen MR) is 81.8 cm³/mol. The molecule has 0 bridgehead atoms. The van der Waals surface area contributed by atoms with Crippen molar-refractivity contribution in [1.29, 1.82) is 0 Å². The Kier molecular flexibility index (Phi) is 6.21. The van der Waals surface area contributed by atoms with Gasteiger partial charge < -0.3 is 19.3 Å². The number of esters is 1. The van der Waals surface area contributed by atoms with Crippen molar-refractivity contribution in [3.8, 4) is 5.75 Å². The van der Waals surface area contributed by atoms with Crippen LogP contribution in [-0.2, 0) is 20.7 Å². The SMILES string of the molecule is CCOC(=O)[C@H](Cc1ccc(OC2CCC(O)C2)cc1)OC. The monoisotopic (exact) mass is 308 g/mol. The Hall–Kier alpha value is -1.59. The van der Waals surface area contributed by atoms with Gasteiger partial charge in [-0.1, -0.05) is 12.1 Å². The van der Waals surface area contributed by atoms with Gasteiger partial charge >= 0.3 is 5.97 Å². The van der Waals surface area contributed by atoms with E-state index in [-0.39, 0.29) is 18.2 Å². The van der Waals surface area contributed by atoms with Gasteiger partial charge in [0.25, 0.3) is 0 Å². The van der Waals surface area contributed by atoms with Crippen LogP contribution in [-0.4, -0.2) is 43.1 Å². The topological polar surface area (TPSA) is 65.0 Å². The first-order valence-corrected chi connectivity index (χ1v) is 7.75. The van der Waals surface area contributed by atoms with Crippen LogP contribution < -0.4 is 4.74 Å². The highest BCUT2D eigenvalue weighted by molar-refractivity contribution is 5.75. The number of benzene rings is 1. The quantitative estimate of drug-likeness (QED) is 0.782. The average Bonchev–Trinajstić information content (AvgIpc) is 2.91. The van der Waals surface area contributed by atoms with Gasteiger partial charge in [0.15, 0.2) is 6.10 Å². The Morgan fingerprint density at radius 1 is 1.32 bits per heavy atom. The number of aliphatic hydroxyl groups is 1. The van der Waals surface area contributed by atoms with Gasteiger partial charge in [-0.2, -0.15) is 0 Å². The molecule has 5 nitrogen and oxygen atoms in total. The predicted octanol–water partition coefficient (Wildman–Crippen LogP) is 2.10. The number of rotatable bonds is 7. The number of hydrogen-bond acceptors (Lipinski definition) is 5. The summed E-state index contributed by atoms with van der Waals surface area (Å²) < 4.78 is 16.0. The van der Waals surface area contributed by atoms with Gasteiger partial charge in [-0.15, -0.1) is 0 Å². The van der Waals surface area contributed by atoms with Crippen LogP contribution in [0.25, 0.3) is 0 Å². The summed E-state index contributed by atoms with van der Waals surface area (Å²) in [6.07, 6.45) is 2.11. The first-order valence-electron chi connectivity index (χ1n) is 7.75. The fraction of sp³-hybridized carbons (Fsp3) is 0.588. The maximum Gasteiger partial charge on any atom is 0.335 e. The normalized spacial score (nSPS) is 22.3. The van der Waals surface area contributed by atoms with Gasteiger partial charge in [0, 0.05) is 20.0 Å². The molecule has 2 unspecified atom stereocenters. The summed E-state index contributed by atoms with van der Waals surface area (Å²) in [7, 11) is 1.50. The van der Waals surface area contributed by atoms with E-state index in [1.54, 1.807) is 6.92 Å². The first-order chi connectivity index (χ1) is 10.6. The summed E-state index contributed by atoms with van der Waals surface area (Å²) in [5, 5.41) is 9.51. The molecule has 0 aliphatic heterocycles. The molecule has 1 N–H and O–H groups in total. The van der Waals surface area contributed by atoms with Gasteiger partial charge in [-0.25, -0.2) is 4.79 Å². The number of hydrogen-bond donors (Lipinski definition) is 1. The molecule has 1 aromatic rings. The molecular weight excluding hydrogens is 284 g/mol. The van der Waals surface area contributed by atoms with Crippen LogP contribution in [0, 0.1) is 0 Å². The molecule has 1 fully saturated rings. The number of ether oxygens (including phenoxy) is 3. The minimum absolute atomic E-state index is 0.0899. The zero-order valence-corrected chi connectivity index (χ0v) is 13.2. The maximum atomic E-state index is 11.7. The van der Waals surface area contributed by atoms with Gasteiger partial charge in [0.2, 0.25) is 0 Å². The van der Waals surface area contributed by atoms with E-state index < -0.39 is 6.10 Å². The largest absolute Gasteiger partial charge is 0.490 e. The summed E-state index contributed by atoms with van der Waals surface area (Å²) in [5.74, 6) is 0.443. The zero-order chi connectivity index (χ0) is 15.9. The molecule has 1 aromatic carbocycles. The van der Waals surface area contributed by atoms with Crippen molar-refractivity contribution in [3.63, 3.8) is 0 Å². The molecule has 0 amide bonds. The van der Waals surface area contributed by atoms with Crippen LogP contribution in [0.3, 0.4) is 0 Å². The van der Waals surface area contributed by atoms with E-state index >= 15 is 0 Å². The van der Waals surface area contributed by atoms with E-state index in [2.05, 4.69) is 0 Å². The van der Waals surface area contributed by atoms with E-state index in [4.69, 9.17) is 14.2 Å². The molecule has 3 atom stereocenters. The van der Waals surface area contributed by atoms with Crippen molar-refractivity contribution < 1.29 is 24.1 Å². The summed E-state index contributed by atoms with van der Waals surface area (Å²) in [6.45, 7) is 2.12. The zero-order valence-electron chi connectivity index (χ0n) is 13.2. The Labute approximate surface area is 131 Å². The Morgan fingerprint density at radius 3 is 2.59 bits per heavy atom. The highest BCUT2D eigenvalue weighted by atomic mass is 16.6. The van der Waals surface area contributed by atoms with E-state index in [9.17, 15) is 9.90 Å². The number of aliphatic hydroxyl groups excluding tert-OH is 1. The van der Waals surface area contributed by atoms with Crippen molar-refractivity contribution in [1.82, 2.24) is 0 Å². The van der Waals surface area contributed by atoms with Crippen LogP contribution in [0.4, 0.5) is 0 Å². The lowest BCUT2D eigenvalue weighted by molar-refractivity contribution is -0.154. The molecule has 0 heterocycles. The Bertz CT molecular complexity index is 470. The molecule has 1 aliphatic rings. The minimum atomic E-state index is -0.586. The fourth-order valence-corrected chi connectivity index (χ4v) is 2.63. The van der Waals surface area contributed by atoms with Crippen molar-refractivity contribution in [3.05, 3.63) is 29.8 Å². The molecule has 22 heavy (non-hydrogen) atoms. The lowest BCUT2D eigenvalue weighted by Crippen LogP contribution is -2.27. The van der Waals surface area contributed by atoms with Crippen molar-refractivity contribution in [2.24, 2.45) is 0 Å². The first kappa shape index (κ1) is 16.8. The second-order valence-electron chi connectivity index (χ2n) is 5.53. The minimum Gasteiger partial charge on any atom is -0.490 e. The molecule has 0 spiro atoms. The van der Waals surface area contributed by atoms with Gasteiger partial charge in [-0.05, 0) is 37.5 Å². The standard InChI is InChI=1S/C17H24O5/c1-3-21-17(19)16(20-2)10-12-4-7-14(8-5-12)22-15-9-6-13(18)11-15/h4-5,7-8,13,15-16,18H,3,6,9-11H2,1-2H3/t13?,15?,16-/m0/s1. The summed E-state index contributed by atoms with van der Waals surface area (Å²) in [4.78, 5) is 11.7. The fourth-order valence-electron chi connectivity index (χ4n) is 2.63. The molecular formula is C17H24O5. The molecule has 0 aromatic heterocycles. The van der Waals surface area contributed by atoms with Crippen molar-refractivity contribution in [2.75, 3.05) is 13.7 Å². The molecule has 5 heteroatoms. The van der Waals surface area contributed by atoms with Crippen LogP contribution in [0.15, 0.2) is 24.3 Å². The molecule has 0 saturated heterocycles. The van der Waals surface area contributed by atoms with Crippen LogP contribution >= 0.6 is 0 Å². The number of carbonyl (C=O) groups excluding carboxylic acids is 1. The van der Waals surface area contributed by atoms with E-state index in [1.165, 1.54) is 7.11 Å². The molecule has 0 radical (unpaired) electrons. The lowest BCUT2D eigenvalue weighted by Gasteiger charge is -2.15. The van der Waals surface area contributed by atoms with E-state index in [0.29, 0.717) is 19.4 Å². The Morgan fingerprint density at radius 2 is 2.05 bits per heavy atom. The number of methoxy groups -OCH3 is 1. The van der Waals surface area contributed by atoms with Crippen molar-refractivity contribution in [2.45, 2.75) is 50.9 Å². The van der Waals surface area contributed by atoms with Gasteiger partial charge in [0.05, 0.1) is 12.7 Å². The van der Waals surface area contributed by atoms with Crippen molar-refractivity contribution >= 4 is 5.97 Å². The molecule has 2 rings (SSSR count). The third-order valence-corrected chi connectivity index (χ3v) is 3.84. The van der Waals surface area contributed by atoms with Crippen LogP contribution in [0.1, 0.15) is 31.7 Å². The summed E-state index contributed by atoms with van der Waals surface area (Å²) >= 11 is 0. The van der Waals surface area contributed by atoms with Gasteiger partial charge in [-0.3, -0.25) is 0 Å². The second kappa shape index (κ2) is 8.15. The molecule has 1 saturated carbocycles. The van der Waals surface area contributed by atoms with E-state index in [1.807, 2.05) is 24.3 Å². The summed E-state index contributed by atoms with van der Waals surface area (Å²) in [5.41, 5.74) is 0.985. The lowest BCUT2D eigenvalue weighted by atomic mass is 10.1. The second-order valence-corrected chi connectivity index (χ2v) is 5.53. The van der Waals surface area contributed by atoms with Crippen LogP contribution in [0.2, 0.25) is 0 Å². The maximum absolute atomic E-state index is 11.7. The van der Waals surface area contributed by atoms with E-state index in [0.717, 1.165) is 24.2 Å². The highest BCUT2D eigenvalue weighted by Gasteiger charge is 2.24.